The molecular weight excluding hydrogens is 465 g/mol. The molecule has 0 N–H and O–H groups in total. The summed E-state index contributed by atoms with van der Waals surface area (Å²) in [6.45, 7) is 0. The number of fused-ring (bicyclic) bond motifs is 3. The van der Waals surface area contributed by atoms with Crippen LogP contribution in [0.2, 0.25) is 0 Å². The fourth-order valence-corrected chi connectivity index (χ4v) is 6.34. The molecule has 1 aliphatic carbocycles. The fourth-order valence-electron chi connectivity index (χ4n) is 4.31. The normalized spacial score (nSPS) is 14.3. The van der Waals surface area contributed by atoms with Gasteiger partial charge < -0.3 is 0 Å². The Bertz CT molecular complexity index is 1370. The third-order valence-corrected chi connectivity index (χ3v) is 7.98. The van der Waals surface area contributed by atoms with E-state index in [1.54, 1.807) is 36.5 Å². The monoisotopic (exact) mass is 483 g/mol. The quantitative estimate of drug-likeness (QED) is 0.225. The molecule has 154 valence electrons. The Morgan fingerprint density at radius 1 is 0.781 bits per heavy atom. The van der Waals surface area contributed by atoms with E-state index in [-0.39, 0.29) is 31.6 Å². The summed E-state index contributed by atoms with van der Waals surface area (Å²) in [6, 6.07) is 23.4. The Balaban J connectivity index is 1.44. The van der Waals surface area contributed by atoms with Gasteiger partial charge >= 0.3 is 191 Å². The first-order valence-electron chi connectivity index (χ1n) is 10.2. The number of benzene rings is 2. The zero-order valence-corrected chi connectivity index (χ0v) is 18.9. The van der Waals surface area contributed by atoms with E-state index >= 15 is 0 Å². The van der Waals surface area contributed by atoms with E-state index in [4.69, 9.17) is 0 Å². The van der Waals surface area contributed by atoms with Crippen molar-refractivity contribution < 1.29 is 9.59 Å². The van der Waals surface area contributed by atoms with Gasteiger partial charge in [0, 0.05) is 0 Å². The first-order chi connectivity index (χ1) is 15.6. The van der Waals surface area contributed by atoms with Crippen molar-refractivity contribution in [3.63, 3.8) is 0 Å². The second-order valence-corrected chi connectivity index (χ2v) is 9.96. The number of hydrogen-bond acceptors (Lipinski definition) is 5. The van der Waals surface area contributed by atoms with Gasteiger partial charge in [-0.05, 0) is 0 Å². The van der Waals surface area contributed by atoms with Crippen molar-refractivity contribution in [1.82, 2.24) is 4.98 Å². The Morgan fingerprint density at radius 3 is 2.19 bits per heavy atom. The van der Waals surface area contributed by atoms with Crippen molar-refractivity contribution in [3.8, 4) is 0 Å². The number of nitrogens with zero attached hydrogens (tertiary/aromatic N) is 3. The number of pyridine rings is 1. The molecule has 4 aromatic rings. The van der Waals surface area contributed by atoms with Crippen LogP contribution in [0.15, 0.2) is 84.6 Å². The summed E-state index contributed by atoms with van der Waals surface area (Å²) in [7, 11) is 2.05. The van der Waals surface area contributed by atoms with Gasteiger partial charge in [0.2, 0.25) is 0 Å². The Morgan fingerprint density at radius 2 is 1.44 bits per heavy atom. The average Bonchev–Trinajstić information content (AvgIpc) is 3.39. The van der Waals surface area contributed by atoms with E-state index in [2.05, 4.69) is 39.0 Å². The van der Waals surface area contributed by atoms with Crippen LogP contribution in [-0.2, 0) is 0 Å². The van der Waals surface area contributed by atoms with Crippen LogP contribution >= 0.6 is 0 Å². The van der Waals surface area contributed by atoms with Gasteiger partial charge in [-0.15, -0.1) is 0 Å². The van der Waals surface area contributed by atoms with Gasteiger partial charge in [-0.1, -0.05) is 0 Å². The van der Waals surface area contributed by atoms with Crippen molar-refractivity contribution in [2.45, 2.75) is 0 Å². The minimum absolute atomic E-state index is 0.0832. The van der Waals surface area contributed by atoms with Crippen LogP contribution in [0.25, 0.3) is 6.08 Å². The maximum atomic E-state index is 12.8. The van der Waals surface area contributed by atoms with Crippen LogP contribution in [0.4, 0.5) is 27.4 Å². The van der Waals surface area contributed by atoms with Crippen LogP contribution in [0.1, 0.15) is 25.2 Å². The molecule has 2 aliphatic rings. The molecule has 0 spiro atoms. The van der Waals surface area contributed by atoms with Gasteiger partial charge in [0.15, 0.2) is 0 Å². The molecule has 0 bridgehead atoms. The summed E-state index contributed by atoms with van der Waals surface area (Å²) < 4.78 is 2.10. The SMILES string of the molecule is CN1c2ccccc2N(c2ccc(C=C3C(=O)c4ccccc4C3=O)[se]2)c2ncccc21. The van der Waals surface area contributed by atoms with Gasteiger partial charge in [0.05, 0.1) is 0 Å². The molecule has 0 unspecified atom stereocenters. The predicted octanol–water partition coefficient (Wildman–Crippen LogP) is 5.15. The zero-order valence-electron chi connectivity index (χ0n) is 17.1. The van der Waals surface area contributed by atoms with Crippen molar-refractivity contribution in [1.29, 1.82) is 0 Å². The van der Waals surface area contributed by atoms with E-state index < -0.39 is 0 Å². The number of allylic oxidation sites excluding steroid dienone is 1. The summed E-state index contributed by atoms with van der Waals surface area (Å²) in [4.78, 5) is 34.6. The second kappa shape index (κ2) is 7.16. The van der Waals surface area contributed by atoms with E-state index in [0.717, 1.165) is 31.9 Å². The van der Waals surface area contributed by atoms with E-state index in [9.17, 15) is 9.59 Å². The zero-order chi connectivity index (χ0) is 21.8. The van der Waals surface area contributed by atoms with E-state index in [1.807, 2.05) is 31.3 Å². The molecule has 0 fully saturated rings. The molecule has 0 amide bonds. The molecule has 0 saturated carbocycles. The van der Waals surface area contributed by atoms with Crippen molar-refractivity contribution in [2.75, 3.05) is 16.8 Å². The molecule has 1 aliphatic heterocycles. The molecule has 2 aromatic carbocycles. The third-order valence-electron chi connectivity index (χ3n) is 5.85. The number of aromatic nitrogens is 1. The van der Waals surface area contributed by atoms with Crippen LogP contribution in [0, 0.1) is 0 Å². The summed E-state index contributed by atoms with van der Waals surface area (Å²) in [5, 5.41) is 0. The molecule has 5 nitrogen and oxygen atoms in total. The number of carbonyl (C=O) groups is 2. The number of Topliss-reactive ketones (excluding diaryl/α,β-unsaturated/α-hetero) is 2. The van der Waals surface area contributed by atoms with Gasteiger partial charge in [0.1, 0.15) is 0 Å². The third kappa shape index (κ3) is 2.74. The topological polar surface area (TPSA) is 53.5 Å². The summed E-state index contributed by atoms with van der Waals surface area (Å²) in [6.07, 6.45) is 3.58. The van der Waals surface area contributed by atoms with Crippen molar-refractivity contribution in [3.05, 3.63) is 100 Å². The fraction of sp³-hybridized carbons (Fsp3) is 0.0385. The van der Waals surface area contributed by atoms with Gasteiger partial charge in [-0.3, -0.25) is 0 Å². The number of ketones is 2. The Labute approximate surface area is 191 Å². The first-order valence-corrected chi connectivity index (χ1v) is 11.9. The molecule has 0 radical (unpaired) electrons. The average molecular weight is 482 g/mol. The molecule has 3 heterocycles. The second-order valence-electron chi connectivity index (χ2n) is 7.67. The van der Waals surface area contributed by atoms with E-state index in [1.165, 1.54) is 0 Å². The standard InChI is InChI=1S/C26H17N3O2Se/c1-28-20-9-4-5-10-21(20)29(26-22(28)11-6-14-27-26)23-13-12-16(32-23)15-19-24(30)17-7-2-3-8-18(17)25(19)31/h2-15H,1H3. The van der Waals surface area contributed by atoms with Gasteiger partial charge in [-0.25, -0.2) is 0 Å². The predicted molar refractivity (Wildman–Crippen MR) is 127 cm³/mol. The summed E-state index contributed by atoms with van der Waals surface area (Å²) >= 11 is -0.0832. The van der Waals surface area contributed by atoms with Crippen LogP contribution in [-0.4, -0.2) is 38.1 Å². The number of rotatable bonds is 2. The molecule has 0 atom stereocenters. The minimum atomic E-state index is -0.187. The Kier molecular flexibility index (Phi) is 4.25. The molecule has 6 rings (SSSR count). The number of anilines is 5. The van der Waals surface area contributed by atoms with Gasteiger partial charge in [-0.2, -0.15) is 0 Å². The van der Waals surface area contributed by atoms with Crippen LogP contribution < -0.4 is 9.80 Å². The summed E-state index contributed by atoms with van der Waals surface area (Å²) in [5.41, 5.74) is 4.45. The van der Waals surface area contributed by atoms with Crippen molar-refractivity contribution >= 4 is 59.6 Å². The molecule has 2 aromatic heterocycles. The van der Waals surface area contributed by atoms with Gasteiger partial charge in [0.25, 0.3) is 0 Å². The molecule has 0 saturated heterocycles. The summed E-state index contributed by atoms with van der Waals surface area (Å²) in [5.74, 6) is 0.505. The first kappa shape index (κ1) is 19.0. The van der Waals surface area contributed by atoms with Crippen LogP contribution in [0.5, 0.6) is 0 Å². The van der Waals surface area contributed by atoms with Crippen molar-refractivity contribution in [2.24, 2.45) is 0 Å². The molecular formula is C26H17N3O2Se. The molecule has 32 heavy (non-hydrogen) atoms. The van der Waals surface area contributed by atoms with Crippen LogP contribution in [0.3, 0.4) is 0 Å². The molecule has 6 heteroatoms. The number of para-hydroxylation sites is 2. The van der Waals surface area contributed by atoms with E-state index in [0.29, 0.717) is 11.1 Å². The Hall–Kier alpha value is -3.73. The number of hydrogen-bond donors (Lipinski definition) is 0. The number of carbonyl (C=O) groups excluding carboxylic acids is 2. The maximum absolute atomic E-state index is 12.8.